The molecule has 0 amide bonds. The second-order valence-corrected chi connectivity index (χ2v) is 5.88. The first-order chi connectivity index (χ1) is 7.59. The molecular weight excluding hydrogens is 220 g/mol. The van der Waals surface area contributed by atoms with Crippen molar-refractivity contribution < 1.29 is 5.11 Å². The molecule has 0 aliphatic heterocycles. The lowest BCUT2D eigenvalue weighted by Gasteiger charge is -2.33. The first kappa shape index (κ1) is 10.6. The molecule has 3 rings (SSSR count). The van der Waals surface area contributed by atoms with Crippen LogP contribution >= 0.6 is 11.6 Å². The van der Waals surface area contributed by atoms with Crippen molar-refractivity contribution in [2.24, 2.45) is 11.8 Å². The van der Waals surface area contributed by atoms with Gasteiger partial charge >= 0.3 is 0 Å². The highest BCUT2D eigenvalue weighted by molar-refractivity contribution is 6.31. The summed E-state index contributed by atoms with van der Waals surface area (Å²) in [5.41, 5.74) is 1.51. The summed E-state index contributed by atoms with van der Waals surface area (Å²) in [4.78, 5) is 0. The first-order valence-corrected chi connectivity index (χ1v) is 6.46. The third-order valence-corrected chi connectivity index (χ3v) is 4.90. The largest absolute Gasteiger partial charge is 0.385 e. The normalized spacial score (nSPS) is 36.9. The van der Waals surface area contributed by atoms with E-state index in [0.717, 1.165) is 28.5 Å². The van der Waals surface area contributed by atoms with Crippen molar-refractivity contribution in [3.63, 3.8) is 0 Å². The summed E-state index contributed by atoms with van der Waals surface area (Å²) in [7, 11) is 0. The van der Waals surface area contributed by atoms with Crippen LogP contribution in [0.3, 0.4) is 0 Å². The predicted molar refractivity (Wildman–Crippen MR) is 65.5 cm³/mol. The van der Waals surface area contributed by atoms with Gasteiger partial charge in [0.1, 0.15) is 0 Å². The van der Waals surface area contributed by atoms with E-state index >= 15 is 0 Å². The molecule has 16 heavy (non-hydrogen) atoms. The van der Waals surface area contributed by atoms with E-state index in [1.165, 1.54) is 19.3 Å². The van der Waals surface area contributed by atoms with Crippen molar-refractivity contribution in [3.05, 3.63) is 34.3 Å². The highest BCUT2D eigenvalue weighted by Crippen LogP contribution is 2.55. The molecule has 1 aromatic carbocycles. The molecular formula is C14H17ClO. The summed E-state index contributed by atoms with van der Waals surface area (Å²) in [6.45, 7) is 2.00. The summed E-state index contributed by atoms with van der Waals surface area (Å²) in [6, 6.07) is 6.02. The molecule has 2 saturated carbocycles. The van der Waals surface area contributed by atoms with Gasteiger partial charge in [-0.3, -0.25) is 0 Å². The molecule has 0 heterocycles. The number of hydrogen-bond donors (Lipinski definition) is 1. The van der Waals surface area contributed by atoms with Crippen LogP contribution in [0.5, 0.6) is 0 Å². The summed E-state index contributed by atoms with van der Waals surface area (Å²) in [5.74, 6) is 1.19. The minimum Gasteiger partial charge on any atom is -0.385 e. The molecule has 3 unspecified atom stereocenters. The molecule has 1 nitrogen and oxygen atoms in total. The van der Waals surface area contributed by atoms with Gasteiger partial charge < -0.3 is 5.11 Å². The quantitative estimate of drug-likeness (QED) is 0.789. The maximum absolute atomic E-state index is 10.8. The molecule has 0 saturated heterocycles. The summed E-state index contributed by atoms with van der Waals surface area (Å²) in [6.07, 6.45) is 4.60. The van der Waals surface area contributed by atoms with Crippen LogP contribution in [0.2, 0.25) is 5.02 Å². The van der Waals surface area contributed by atoms with Gasteiger partial charge in [-0.05, 0) is 61.6 Å². The average Bonchev–Trinajstić information content (AvgIpc) is 2.82. The van der Waals surface area contributed by atoms with E-state index in [1.807, 2.05) is 25.1 Å². The molecule has 2 aliphatic rings. The second-order valence-electron chi connectivity index (χ2n) is 5.47. The third-order valence-electron chi connectivity index (χ3n) is 4.49. The van der Waals surface area contributed by atoms with Crippen LogP contribution in [0.1, 0.15) is 36.8 Å². The van der Waals surface area contributed by atoms with Crippen molar-refractivity contribution in [3.8, 4) is 0 Å². The average molecular weight is 237 g/mol. The highest BCUT2D eigenvalue weighted by Gasteiger charge is 2.50. The van der Waals surface area contributed by atoms with Gasteiger partial charge in [0.15, 0.2) is 0 Å². The Labute approximate surface area is 101 Å². The van der Waals surface area contributed by atoms with Gasteiger partial charge in [0.2, 0.25) is 0 Å². The van der Waals surface area contributed by atoms with Gasteiger partial charge in [0.25, 0.3) is 0 Å². The minimum atomic E-state index is -0.597. The van der Waals surface area contributed by atoms with Gasteiger partial charge in [0.05, 0.1) is 5.60 Å². The van der Waals surface area contributed by atoms with Crippen LogP contribution in [-0.2, 0) is 5.60 Å². The number of halogens is 1. The van der Waals surface area contributed by atoms with Gasteiger partial charge in [-0.2, -0.15) is 0 Å². The number of fused-ring (bicyclic) bond motifs is 2. The molecule has 3 atom stereocenters. The van der Waals surface area contributed by atoms with Crippen molar-refractivity contribution in [2.75, 3.05) is 0 Å². The molecule has 0 aromatic heterocycles. The van der Waals surface area contributed by atoms with E-state index < -0.39 is 5.60 Å². The van der Waals surface area contributed by atoms with Crippen molar-refractivity contribution in [1.29, 1.82) is 0 Å². The Hall–Kier alpha value is -0.530. The van der Waals surface area contributed by atoms with E-state index in [4.69, 9.17) is 11.6 Å². The second kappa shape index (κ2) is 3.48. The third kappa shape index (κ3) is 1.42. The summed E-state index contributed by atoms with van der Waals surface area (Å²) < 4.78 is 0. The molecule has 86 valence electrons. The lowest BCUT2D eigenvalue weighted by atomic mass is 9.79. The van der Waals surface area contributed by atoms with E-state index in [2.05, 4.69) is 0 Å². The first-order valence-electron chi connectivity index (χ1n) is 6.08. The molecule has 0 spiro atoms. The smallest absolute Gasteiger partial charge is 0.0927 e. The van der Waals surface area contributed by atoms with Gasteiger partial charge in [-0.15, -0.1) is 0 Å². The number of hydrogen-bond acceptors (Lipinski definition) is 1. The standard InChI is InChI=1S/C14H17ClO/c1-9-2-4-12(7-13(9)15)14(16)8-10-3-5-11(14)6-10/h2,4,7,10-11,16H,3,5-6,8H2,1H3. The molecule has 2 fully saturated rings. The Morgan fingerprint density at radius 3 is 2.75 bits per heavy atom. The van der Waals surface area contributed by atoms with E-state index in [1.54, 1.807) is 0 Å². The van der Waals surface area contributed by atoms with Crippen molar-refractivity contribution in [2.45, 2.75) is 38.2 Å². The number of aliphatic hydroxyl groups is 1. The van der Waals surface area contributed by atoms with Crippen LogP contribution in [-0.4, -0.2) is 5.11 Å². The van der Waals surface area contributed by atoms with E-state index in [9.17, 15) is 5.11 Å². The van der Waals surface area contributed by atoms with E-state index in [-0.39, 0.29) is 0 Å². The molecule has 0 radical (unpaired) electrons. The van der Waals surface area contributed by atoms with Gasteiger partial charge in [0, 0.05) is 5.02 Å². The maximum atomic E-state index is 10.8. The molecule has 2 heteroatoms. The number of benzene rings is 1. The Morgan fingerprint density at radius 2 is 2.19 bits per heavy atom. The summed E-state index contributed by atoms with van der Waals surface area (Å²) in [5, 5.41) is 11.6. The van der Waals surface area contributed by atoms with Crippen LogP contribution in [0.15, 0.2) is 18.2 Å². The fourth-order valence-electron chi connectivity index (χ4n) is 3.52. The van der Waals surface area contributed by atoms with Crippen molar-refractivity contribution in [1.82, 2.24) is 0 Å². The Kier molecular flexibility index (Phi) is 2.31. The molecule has 1 N–H and O–H groups in total. The maximum Gasteiger partial charge on any atom is 0.0927 e. The number of rotatable bonds is 1. The van der Waals surface area contributed by atoms with Crippen LogP contribution in [0, 0.1) is 18.8 Å². The monoisotopic (exact) mass is 236 g/mol. The van der Waals surface area contributed by atoms with Crippen LogP contribution in [0.25, 0.3) is 0 Å². The fourth-order valence-corrected chi connectivity index (χ4v) is 3.70. The molecule has 2 bridgehead atoms. The van der Waals surface area contributed by atoms with Gasteiger partial charge in [-0.25, -0.2) is 0 Å². The summed E-state index contributed by atoms with van der Waals surface area (Å²) >= 11 is 6.15. The lowest BCUT2D eigenvalue weighted by Crippen LogP contribution is -2.32. The zero-order valence-corrected chi connectivity index (χ0v) is 10.3. The Balaban J connectivity index is 2.00. The lowest BCUT2D eigenvalue weighted by molar-refractivity contribution is -0.0182. The molecule has 1 aromatic rings. The van der Waals surface area contributed by atoms with Crippen LogP contribution < -0.4 is 0 Å². The Bertz CT molecular complexity index is 429. The SMILES string of the molecule is Cc1ccc(C2(O)CC3CCC2C3)cc1Cl. The molecule has 2 aliphatic carbocycles. The van der Waals surface area contributed by atoms with Crippen molar-refractivity contribution >= 4 is 11.6 Å². The number of aryl methyl sites for hydroxylation is 1. The van der Waals surface area contributed by atoms with Crippen LogP contribution in [0.4, 0.5) is 0 Å². The Morgan fingerprint density at radius 1 is 1.38 bits per heavy atom. The highest BCUT2D eigenvalue weighted by atomic mass is 35.5. The fraction of sp³-hybridized carbons (Fsp3) is 0.571. The van der Waals surface area contributed by atoms with Gasteiger partial charge in [-0.1, -0.05) is 23.7 Å². The topological polar surface area (TPSA) is 20.2 Å². The predicted octanol–water partition coefficient (Wildman–Crippen LogP) is 3.66. The zero-order valence-electron chi connectivity index (χ0n) is 9.54. The van der Waals surface area contributed by atoms with E-state index in [0.29, 0.717) is 5.92 Å². The minimum absolute atomic E-state index is 0.455. The zero-order chi connectivity index (χ0) is 11.3.